The van der Waals surface area contributed by atoms with Crippen LogP contribution in [0.4, 0.5) is 0 Å². The monoisotopic (exact) mass is 259 g/mol. The molecule has 1 unspecified atom stereocenters. The zero-order valence-electron chi connectivity index (χ0n) is 10.9. The Balaban J connectivity index is 0.00000137. The quantitative estimate of drug-likeness (QED) is 0.773. The van der Waals surface area contributed by atoms with Gasteiger partial charge in [0.05, 0.1) is 5.92 Å². The van der Waals surface area contributed by atoms with Crippen molar-refractivity contribution in [3.05, 3.63) is 0 Å². The summed E-state index contributed by atoms with van der Waals surface area (Å²) in [7, 11) is 0. The maximum Gasteiger partial charge on any atom is 0.308 e. The minimum absolute atomic E-state index is 0.0259. The molecule has 1 saturated heterocycles. The van der Waals surface area contributed by atoms with Crippen LogP contribution < -0.4 is 0 Å². The molecule has 0 aliphatic carbocycles. The van der Waals surface area contributed by atoms with E-state index in [9.17, 15) is 14.4 Å². The van der Waals surface area contributed by atoms with Gasteiger partial charge in [-0.05, 0) is 12.8 Å². The van der Waals surface area contributed by atoms with Gasteiger partial charge in [0.15, 0.2) is 0 Å². The average Bonchev–Trinajstić information content (AvgIpc) is 2.80. The lowest BCUT2D eigenvalue weighted by Crippen LogP contribution is -2.29. The summed E-state index contributed by atoms with van der Waals surface area (Å²) in [5.41, 5.74) is 0. The van der Waals surface area contributed by atoms with Crippen LogP contribution >= 0.6 is 0 Å². The third-order valence-corrected chi connectivity index (χ3v) is 2.67. The van der Waals surface area contributed by atoms with Gasteiger partial charge in [-0.1, -0.05) is 13.8 Å². The first-order chi connectivity index (χ1) is 8.50. The molecule has 6 nitrogen and oxygen atoms in total. The highest BCUT2D eigenvalue weighted by atomic mass is 16.4. The number of rotatable bonds is 5. The van der Waals surface area contributed by atoms with Crippen molar-refractivity contribution in [2.75, 3.05) is 13.1 Å². The summed E-state index contributed by atoms with van der Waals surface area (Å²) in [5.74, 6) is -2.41. The van der Waals surface area contributed by atoms with Gasteiger partial charge in [-0.3, -0.25) is 14.4 Å². The molecule has 0 spiro atoms. The second-order valence-corrected chi connectivity index (χ2v) is 3.91. The minimum Gasteiger partial charge on any atom is -0.481 e. The van der Waals surface area contributed by atoms with E-state index in [-0.39, 0.29) is 25.3 Å². The molecule has 1 fully saturated rings. The molecule has 2 N–H and O–H groups in total. The standard InChI is InChI=1S/C10H15NO5.C2H6/c12-8(2-1-3-9(13)14)11-5-4-7(6-11)10(15)16;1-2/h7H,1-6H2,(H,13,14)(H,15,16);1-2H3. The smallest absolute Gasteiger partial charge is 0.308 e. The average molecular weight is 259 g/mol. The Hall–Kier alpha value is -1.59. The number of carbonyl (C=O) groups excluding carboxylic acids is 1. The van der Waals surface area contributed by atoms with Crippen LogP contribution in [0.1, 0.15) is 39.5 Å². The molecule has 0 bridgehead atoms. The molecule has 0 aromatic carbocycles. The zero-order valence-corrected chi connectivity index (χ0v) is 10.9. The normalized spacial score (nSPS) is 17.9. The van der Waals surface area contributed by atoms with E-state index in [0.717, 1.165) is 0 Å². The summed E-state index contributed by atoms with van der Waals surface area (Å²) in [6, 6.07) is 0. The number of nitrogens with zero attached hydrogens (tertiary/aromatic N) is 1. The molecule has 104 valence electrons. The van der Waals surface area contributed by atoms with Gasteiger partial charge in [0, 0.05) is 25.9 Å². The zero-order chi connectivity index (χ0) is 14.1. The van der Waals surface area contributed by atoms with Crippen LogP contribution in [0.15, 0.2) is 0 Å². The number of hydrogen-bond donors (Lipinski definition) is 2. The maximum absolute atomic E-state index is 11.5. The van der Waals surface area contributed by atoms with Crippen LogP contribution in [0.5, 0.6) is 0 Å². The first-order valence-corrected chi connectivity index (χ1v) is 6.23. The van der Waals surface area contributed by atoms with Gasteiger partial charge in [0.2, 0.25) is 5.91 Å². The molecule has 18 heavy (non-hydrogen) atoms. The van der Waals surface area contributed by atoms with Crippen molar-refractivity contribution in [1.29, 1.82) is 0 Å². The van der Waals surface area contributed by atoms with Crippen molar-refractivity contribution in [2.45, 2.75) is 39.5 Å². The van der Waals surface area contributed by atoms with Gasteiger partial charge < -0.3 is 15.1 Å². The Morgan fingerprint density at radius 3 is 2.22 bits per heavy atom. The summed E-state index contributed by atoms with van der Waals surface area (Å²) < 4.78 is 0. The van der Waals surface area contributed by atoms with Crippen LogP contribution in [0.2, 0.25) is 0 Å². The van der Waals surface area contributed by atoms with E-state index in [0.29, 0.717) is 19.4 Å². The lowest BCUT2D eigenvalue weighted by molar-refractivity contribution is -0.141. The Morgan fingerprint density at radius 1 is 1.17 bits per heavy atom. The molecule has 1 heterocycles. The Labute approximate surface area is 107 Å². The van der Waals surface area contributed by atoms with Gasteiger partial charge in [0.25, 0.3) is 0 Å². The van der Waals surface area contributed by atoms with Crippen LogP contribution in [0.3, 0.4) is 0 Å². The fourth-order valence-corrected chi connectivity index (χ4v) is 1.74. The third kappa shape index (κ3) is 5.65. The van der Waals surface area contributed by atoms with Crippen molar-refractivity contribution in [2.24, 2.45) is 5.92 Å². The summed E-state index contributed by atoms with van der Waals surface area (Å²) in [5, 5.41) is 17.1. The second kappa shape index (κ2) is 8.49. The van der Waals surface area contributed by atoms with Gasteiger partial charge >= 0.3 is 11.9 Å². The van der Waals surface area contributed by atoms with E-state index < -0.39 is 17.9 Å². The summed E-state index contributed by atoms with van der Waals surface area (Å²) in [4.78, 5) is 33.9. The molecule has 0 aromatic rings. The molecule has 0 saturated carbocycles. The first-order valence-electron chi connectivity index (χ1n) is 6.23. The second-order valence-electron chi connectivity index (χ2n) is 3.91. The topological polar surface area (TPSA) is 94.9 Å². The van der Waals surface area contributed by atoms with Crippen molar-refractivity contribution >= 4 is 17.8 Å². The number of carboxylic acid groups (broad SMARTS) is 2. The summed E-state index contributed by atoms with van der Waals surface area (Å²) in [6.07, 6.45) is 0.947. The molecule has 6 heteroatoms. The maximum atomic E-state index is 11.5. The predicted molar refractivity (Wildman–Crippen MR) is 65.2 cm³/mol. The van der Waals surface area contributed by atoms with Crippen molar-refractivity contribution in [3.8, 4) is 0 Å². The van der Waals surface area contributed by atoms with Crippen molar-refractivity contribution < 1.29 is 24.6 Å². The Bertz CT molecular complexity index is 303. The van der Waals surface area contributed by atoms with Crippen molar-refractivity contribution in [1.82, 2.24) is 4.90 Å². The third-order valence-electron chi connectivity index (χ3n) is 2.67. The van der Waals surface area contributed by atoms with Crippen molar-refractivity contribution in [3.63, 3.8) is 0 Å². The Morgan fingerprint density at radius 2 is 1.78 bits per heavy atom. The highest BCUT2D eigenvalue weighted by Crippen LogP contribution is 2.17. The van der Waals surface area contributed by atoms with Crippen LogP contribution in [0, 0.1) is 5.92 Å². The summed E-state index contributed by atoms with van der Waals surface area (Å²) >= 11 is 0. The number of likely N-dealkylation sites (tertiary alicyclic amines) is 1. The molecular formula is C12H21NO5. The number of hydrogen-bond acceptors (Lipinski definition) is 3. The SMILES string of the molecule is CC.O=C(O)CCCC(=O)N1CCC(C(=O)O)C1. The van der Waals surface area contributed by atoms with E-state index in [1.165, 1.54) is 4.90 Å². The van der Waals surface area contributed by atoms with E-state index >= 15 is 0 Å². The molecule has 1 aliphatic rings. The number of amides is 1. The van der Waals surface area contributed by atoms with E-state index in [1.54, 1.807) is 0 Å². The van der Waals surface area contributed by atoms with Crippen LogP contribution in [-0.4, -0.2) is 46.0 Å². The number of carboxylic acids is 2. The minimum atomic E-state index is -0.919. The highest BCUT2D eigenvalue weighted by Gasteiger charge is 2.30. The summed E-state index contributed by atoms with van der Waals surface area (Å²) in [6.45, 7) is 4.71. The van der Waals surface area contributed by atoms with Gasteiger partial charge in [-0.15, -0.1) is 0 Å². The fourth-order valence-electron chi connectivity index (χ4n) is 1.74. The molecule has 1 amide bonds. The molecule has 1 aliphatic heterocycles. The van der Waals surface area contributed by atoms with E-state index in [1.807, 2.05) is 13.8 Å². The Kier molecular flexibility index (Phi) is 7.74. The van der Waals surface area contributed by atoms with E-state index in [2.05, 4.69) is 0 Å². The highest BCUT2D eigenvalue weighted by molar-refractivity contribution is 5.79. The first kappa shape index (κ1) is 16.4. The molecule has 1 rings (SSSR count). The van der Waals surface area contributed by atoms with Gasteiger partial charge in [-0.25, -0.2) is 0 Å². The molecule has 0 aromatic heterocycles. The molecule has 0 radical (unpaired) electrons. The molecular weight excluding hydrogens is 238 g/mol. The largest absolute Gasteiger partial charge is 0.481 e. The fraction of sp³-hybridized carbons (Fsp3) is 0.750. The number of aliphatic carboxylic acids is 2. The van der Waals surface area contributed by atoms with Crippen LogP contribution in [-0.2, 0) is 14.4 Å². The lowest BCUT2D eigenvalue weighted by Gasteiger charge is -2.15. The van der Waals surface area contributed by atoms with E-state index in [4.69, 9.17) is 10.2 Å². The molecule has 1 atom stereocenters. The van der Waals surface area contributed by atoms with Gasteiger partial charge in [-0.2, -0.15) is 0 Å². The van der Waals surface area contributed by atoms with Crippen LogP contribution in [0.25, 0.3) is 0 Å². The van der Waals surface area contributed by atoms with Gasteiger partial charge in [0.1, 0.15) is 0 Å². The number of carbonyl (C=O) groups is 3. The lowest BCUT2D eigenvalue weighted by atomic mass is 10.1. The predicted octanol–water partition coefficient (Wildman–Crippen LogP) is 1.20.